The van der Waals surface area contributed by atoms with Crippen molar-refractivity contribution >= 4 is 17.9 Å². The molecule has 0 bridgehead atoms. The fourth-order valence-electron chi connectivity index (χ4n) is 5.92. The molecule has 0 radical (unpaired) electrons. The largest absolute Gasteiger partial charge is 0.462 e. The van der Waals surface area contributed by atoms with Crippen molar-refractivity contribution in [2.75, 3.05) is 13.2 Å². The Hall–Kier alpha value is -2.89. The van der Waals surface area contributed by atoms with Crippen LogP contribution < -0.4 is 0 Å². The number of unbranched alkanes of at least 4 members (excludes halogenated alkanes) is 18. The van der Waals surface area contributed by atoms with Gasteiger partial charge in [0.1, 0.15) is 13.2 Å². The minimum Gasteiger partial charge on any atom is -0.462 e. The molecule has 0 spiro atoms. The lowest BCUT2D eigenvalue weighted by Gasteiger charge is -2.18. The van der Waals surface area contributed by atoms with Crippen LogP contribution in [0.3, 0.4) is 0 Å². The second-order valence-corrected chi connectivity index (χ2v) is 14.6. The third-order valence-electron chi connectivity index (χ3n) is 9.27. The van der Waals surface area contributed by atoms with Gasteiger partial charge < -0.3 is 14.2 Å². The number of allylic oxidation sites excluding steroid dienone is 10. The third-order valence-corrected chi connectivity index (χ3v) is 9.27. The van der Waals surface area contributed by atoms with Crippen molar-refractivity contribution in [2.45, 2.75) is 213 Å². The molecular formula is C48H82O6. The van der Waals surface area contributed by atoms with Gasteiger partial charge in [0, 0.05) is 19.3 Å². The van der Waals surface area contributed by atoms with E-state index < -0.39 is 6.10 Å². The highest BCUT2D eigenvalue weighted by molar-refractivity contribution is 5.71. The molecule has 0 aromatic carbocycles. The van der Waals surface area contributed by atoms with Crippen LogP contribution in [0.15, 0.2) is 60.8 Å². The van der Waals surface area contributed by atoms with E-state index in [1.807, 2.05) is 12.2 Å². The van der Waals surface area contributed by atoms with E-state index in [0.29, 0.717) is 19.3 Å². The van der Waals surface area contributed by atoms with E-state index in [0.717, 1.165) is 77.0 Å². The van der Waals surface area contributed by atoms with Crippen molar-refractivity contribution in [2.24, 2.45) is 0 Å². The van der Waals surface area contributed by atoms with Crippen LogP contribution in [0.2, 0.25) is 0 Å². The van der Waals surface area contributed by atoms with Gasteiger partial charge in [-0.25, -0.2) is 0 Å². The number of hydrogen-bond donors (Lipinski definition) is 0. The smallest absolute Gasteiger partial charge is 0.306 e. The van der Waals surface area contributed by atoms with Gasteiger partial charge in [0.25, 0.3) is 0 Å². The first-order valence-electron chi connectivity index (χ1n) is 22.3. The van der Waals surface area contributed by atoms with Crippen LogP contribution in [0.5, 0.6) is 0 Å². The summed E-state index contributed by atoms with van der Waals surface area (Å²) >= 11 is 0. The number of rotatable bonds is 39. The van der Waals surface area contributed by atoms with Gasteiger partial charge >= 0.3 is 17.9 Å². The van der Waals surface area contributed by atoms with Crippen LogP contribution in [0.1, 0.15) is 207 Å². The Labute approximate surface area is 332 Å². The van der Waals surface area contributed by atoms with Gasteiger partial charge in [-0.15, -0.1) is 0 Å². The first-order valence-corrected chi connectivity index (χ1v) is 22.3. The Morgan fingerprint density at radius 1 is 0.389 bits per heavy atom. The molecule has 0 fully saturated rings. The first kappa shape index (κ1) is 51.1. The second kappa shape index (κ2) is 42.8. The summed E-state index contributed by atoms with van der Waals surface area (Å²) in [6, 6.07) is 0. The quantitative estimate of drug-likeness (QED) is 0.0269. The standard InChI is InChI=1S/C48H82O6/c1-4-7-10-13-16-19-22-24-27-29-32-35-38-41-47(50)53-44-45(43-52-46(49)40-37-34-31-28-25-21-18-15-12-9-6-3)54-48(51)42-39-36-33-30-26-23-20-17-14-11-8-5-2/h7,10,16-17,19-20,24,27,32,35,45H,4-6,8-9,11-15,18,21-23,25-26,28-31,33-34,36-44H2,1-3H3/b10-7-,19-16-,20-17-,27-24-,35-32-. The molecule has 1 unspecified atom stereocenters. The summed E-state index contributed by atoms with van der Waals surface area (Å²) in [6.07, 6.45) is 50.7. The van der Waals surface area contributed by atoms with Gasteiger partial charge in [-0.2, -0.15) is 0 Å². The lowest BCUT2D eigenvalue weighted by molar-refractivity contribution is -0.166. The van der Waals surface area contributed by atoms with E-state index in [9.17, 15) is 14.4 Å². The summed E-state index contributed by atoms with van der Waals surface area (Å²) in [5.41, 5.74) is 0. The van der Waals surface area contributed by atoms with Crippen LogP contribution in [0, 0.1) is 0 Å². The topological polar surface area (TPSA) is 78.9 Å². The van der Waals surface area contributed by atoms with Gasteiger partial charge in [-0.05, 0) is 70.6 Å². The number of carbonyl (C=O) groups excluding carboxylic acids is 3. The molecule has 6 heteroatoms. The zero-order valence-corrected chi connectivity index (χ0v) is 35.2. The molecular weight excluding hydrogens is 673 g/mol. The monoisotopic (exact) mass is 755 g/mol. The van der Waals surface area contributed by atoms with Crippen molar-refractivity contribution in [1.82, 2.24) is 0 Å². The molecule has 1 atom stereocenters. The molecule has 0 N–H and O–H groups in total. The lowest BCUT2D eigenvalue weighted by Crippen LogP contribution is -2.30. The number of esters is 3. The maximum Gasteiger partial charge on any atom is 0.306 e. The highest BCUT2D eigenvalue weighted by atomic mass is 16.6. The predicted octanol–water partition coefficient (Wildman–Crippen LogP) is 14.1. The summed E-state index contributed by atoms with van der Waals surface area (Å²) in [7, 11) is 0. The minimum atomic E-state index is -0.802. The van der Waals surface area contributed by atoms with Crippen molar-refractivity contribution in [1.29, 1.82) is 0 Å². The first-order chi connectivity index (χ1) is 26.5. The summed E-state index contributed by atoms with van der Waals surface area (Å²) in [5.74, 6) is -0.998. The summed E-state index contributed by atoms with van der Waals surface area (Å²) in [4.78, 5) is 37.6. The number of carbonyl (C=O) groups is 3. The Balaban J connectivity index is 4.49. The molecule has 0 aromatic rings. The van der Waals surface area contributed by atoms with Crippen LogP contribution in [0.25, 0.3) is 0 Å². The van der Waals surface area contributed by atoms with Crippen molar-refractivity contribution < 1.29 is 28.6 Å². The van der Waals surface area contributed by atoms with Gasteiger partial charge in [0.05, 0.1) is 0 Å². The van der Waals surface area contributed by atoms with Gasteiger partial charge in [0.15, 0.2) is 6.10 Å². The molecule has 0 saturated heterocycles. The Kier molecular flexibility index (Phi) is 40.6. The molecule has 0 rings (SSSR count). The van der Waals surface area contributed by atoms with Crippen LogP contribution in [-0.2, 0) is 28.6 Å². The van der Waals surface area contributed by atoms with Gasteiger partial charge in [-0.3, -0.25) is 14.4 Å². The molecule has 0 aliphatic heterocycles. The number of ether oxygens (including phenoxy) is 3. The summed E-state index contributed by atoms with van der Waals surface area (Å²) < 4.78 is 16.6. The van der Waals surface area contributed by atoms with Crippen molar-refractivity contribution in [3.63, 3.8) is 0 Å². The van der Waals surface area contributed by atoms with Crippen molar-refractivity contribution in [3.8, 4) is 0 Å². The lowest BCUT2D eigenvalue weighted by atomic mass is 10.1. The molecule has 0 aliphatic rings. The SMILES string of the molecule is CC/C=C\C/C=C\C/C=C\C/C=C\CCC(=O)OCC(COC(=O)CCCCCCCCCCCCC)OC(=O)CCCCCCC/C=C\CCCCC. The fourth-order valence-corrected chi connectivity index (χ4v) is 5.92. The number of hydrogen-bond acceptors (Lipinski definition) is 6. The Morgan fingerprint density at radius 3 is 1.28 bits per heavy atom. The molecule has 0 amide bonds. The van der Waals surface area contributed by atoms with Gasteiger partial charge in [-0.1, -0.05) is 178 Å². The van der Waals surface area contributed by atoms with E-state index in [-0.39, 0.29) is 37.5 Å². The maximum absolute atomic E-state index is 12.7. The summed E-state index contributed by atoms with van der Waals surface area (Å²) in [6.45, 7) is 6.40. The zero-order chi connectivity index (χ0) is 39.4. The average molecular weight is 755 g/mol. The van der Waals surface area contributed by atoms with E-state index in [2.05, 4.69) is 69.4 Å². The van der Waals surface area contributed by atoms with E-state index in [4.69, 9.17) is 14.2 Å². The van der Waals surface area contributed by atoms with Crippen LogP contribution in [-0.4, -0.2) is 37.2 Å². The zero-order valence-electron chi connectivity index (χ0n) is 35.2. The fraction of sp³-hybridized carbons (Fsp3) is 0.729. The van der Waals surface area contributed by atoms with Gasteiger partial charge in [0.2, 0.25) is 0 Å². The van der Waals surface area contributed by atoms with E-state index in [1.165, 1.54) is 83.5 Å². The minimum absolute atomic E-state index is 0.0985. The summed E-state index contributed by atoms with van der Waals surface area (Å²) in [5, 5.41) is 0. The van der Waals surface area contributed by atoms with E-state index >= 15 is 0 Å². The Bertz CT molecular complexity index is 1010. The predicted molar refractivity (Wildman–Crippen MR) is 228 cm³/mol. The molecule has 54 heavy (non-hydrogen) atoms. The van der Waals surface area contributed by atoms with Crippen molar-refractivity contribution in [3.05, 3.63) is 60.8 Å². The molecule has 0 heterocycles. The highest BCUT2D eigenvalue weighted by Crippen LogP contribution is 2.13. The van der Waals surface area contributed by atoms with Crippen LogP contribution in [0.4, 0.5) is 0 Å². The Morgan fingerprint density at radius 2 is 0.759 bits per heavy atom. The molecule has 310 valence electrons. The molecule has 6 nitrogen and oxygen atoms in total. The highest BCUT2D eigenvalue weighted by Gasteiger charge is 2.19. The third kappa shape index (κ3) is 40.3. The average Bonchev–Trinajstić information content (AvgIpc) is 3.17. The van der Waals surface area contributed by atoms with Crippen LogP contribution >= 0.6 is 0 Å². The molecule has 0 aliphatic carbocycles. The normalized spacial score (nSPS) is 12.6. The molecule has 0 saturated carbocycles. The molecule has 0 aromatic heterocycles. The maximum atomic E-state index is 12.7. The second-order valence-electron chi connectivity index (χ2n) is 14.6. The van der Waals surface area contributed by atoms with E-state index in [1.54, 1.807) is 0 Å².